The molecule has 2 atom stereocenters. The topological polar surface area (TPSA) is 202 Å². The van der Waals surface area contributed by atoms with Crippen molar-refractivity contribution < 1.29 is 20.1 Å². The number of ether oxygens (including phenoxy) is 1. The molecule has 0 amide bonds. The van der Waals surface area contributed by atoms with Crippen molar-refractivity contribution in [1.29, 1.82) is 5.41 Å². The van der Waals surface area contributed by atoms with Gasteiger partial charge in [0.25, 0.3) is 5.95 Å². The second-order valence-electron chi connectivity index (χ2n) is 14.3. The van der Waals surface area contributed by atoms with Gasteiger partial charge in [-0.3, -0.25) is 10.4 Å². The third kappa shape index (κ3) is 11.6. The van der Waals surface area contributed by atoms with Gasteiger partial charge in [-0.05, 0) is 108 Å². The number of aliphatic hydroxyl groups is 3. The molecule has 0 saturated heterocycles. The molecular formula is C40H57N9O4S. The molecule has 2 aliphatic rings. The molecule has 292 valence electrons. The van der Waals surface area contributed by atoms with E-state index in [0.717, 1.165) is 61.8 Å². The van der Waals surface area contributed by atoms with Crippen LogP contribution in [0.4, 0.5) is 5.13 Å². The highest BCUT2D eigenvalue weighted by molar-refractivity contribution is 7.22. The Morgan fingerprint density at radius 2 is 1.96 bits per heavy atom. The number of nitrogens with two attached hydrogens (primary N) is 2. The van der Waals surface area contributed by atoms with Crippen molar-refractivity contribution in [3.63, 3.8) is 0 Å². The Balaban J connectivity index is 1.36. The van der Waals surface area contributed by atoms with Crippen LogP contribution in [-0.4, -0.2) is 100 Å². The van der Waals surface area contributed by atoms with Crippen LogP contribution in [0.2, 0.25) is 0 Å². The molecule has 54 heavy (non-hydrogen) atoms. The molecule has 2 aromatic rings. The van der Waals surface area contributed by atoms with Crippen molar-refractivity contribution in [2.45, 2.75) is 64.9 Å². The molecule has 9 N–H and O–H groups in total. The summed E-state index contributed by atoms with van der Waals surface area (Å²) in [5.74, 6) is 0.287. The highest BCUT2D eigenvalue weighted by atomic mass is 32.1. The lowest BCUT2D eigenvalue weighted by atomic mass is 9.75. The maximum absolute atomic E-state index is 10.3. The molecule has 14 heteroatoms. The van der Waals surface area contributed by atoms with Crippen LogP contribution < -0.4 is 16.8 Å². The number of hydrogen-bond donors (Lipinski definition) is 7. The number of aromatic nitrogens is 1. The molecule has 1 aromatic heterocycles. The average Bonchev–Trinajstić information content (AvgIpc) is 3.54. The van der Waals surface area contributed by atoms with Gasteiger partial charge in [-0.1, -0.05) is 35.6 Å². The highest BCUT2D eigenvalue weighted by Crippen LogP contribution is 2.39. The van der Waals surface area contributed by atoms with Crippen LogP contribution >= 0.6 is 11.3 Å². The van der Waals surface area contributed by atoms with E-state index in [1.165, 1.54) is 23.1 Å². The molecule has 1 fully saturated rings. The maximum Gasteiger partial charge on any atom is 0.299 e. The Hall–Kier alpha value is -4.76. The van der Waals surface area contributed by atoms with E-state index in [4.69, 9.17) is 31.7 Å². The number of likely N-dealkylation sites (N-methyl/N-ethyl adjacent to an activating group) is 2. The number of aliphatic imine (C=N–C) groups is 2. The number of thiazole rings is 1. The Kier molecular flexibility index (Phi) is 15.2. The minimum absolute atomic E-state index is 0.0376. The third-order valence-corrected chi connectivity index (χ3v) is 10.6. The van der Waals surface area contributed by atoms with Crippen molar-refractivity contribution in [2.24, 2.45) is 27.4 Å². The molecule has 4 rings (SSSR count). The maximum atomic E-state index is 10.3. The minimum Gasteiger partial charge on any atom is -0.480 e. The molecule has 1 aliphatic heterocycles. The zero-order valence-corrected chi connectivity index (χ0v) is 33.0. The molecule has 13 nitrogen and oxygen atoms in total. The van der Waals surface area contributed by atoms with E-state index < -0.39 is 5.95 Å². The Bertz CT molecular complexity index is 1850. The first kappa shape index (κ1) is 42.0. The van der Waals surface area contributed by atoms with Gasteiger partial charge < -0.3 is 46.6 Å². The van der Waals surface area contributed by atoms with Gasteiger partial charge in [0.15, 0.2) is 0 Å². The fraction of sp³-hybridized carbons (Fsp3) is 0.450. The smallest absolute Gasteiger partial charge is 0.299 e. The molecule has 0 radical (unpaired) electrons. The Morgan fingerprint density at radius 3 is 2.67 bits per heavy atom. The predicted molar refractivity (Wildman–Crippen MR) is 221 cm³/mol. The van der Waals surface area contributed by atoms with E-state index in [0.29, 0.717) is 52.5 Å². The molecule has 1 saturated carbocycles. The van der Waals surface area contributed by atoms with E-state index in [1.54, 1.807) is 37.1 Å². The minimum atomic E-state index is -0.919. The van der Waals surface area contributed by atoms with Gasteiger partial charge in [-0.15, -0.1) is 0 Å². The normalized spacial score (nSPS) is 20.2. The third-order valence-electron chi connectivity index (χ3n) is 9.64. The van der Waals surface area contributed by atoms with Gasteiger partial charge >= 0.3 is 0 Å². The first-order chi connectivity index (χ1) is 25.7. The van der Waals surface area contributed by atoms with Crippen LogP contribution in [0.3, 0.4) is 0 Å². The molecule has 0 spiro atoms. The Morgan fingerprint density at radius 1 is 1.20 bits per heavy atom. The summed E-state index contributed by atoms with van der Waals surface area (Å²) < 4.78 is 7.40. The number of para-hydroxylation sites is 1. The summed E-state index contributed by atoms with van der Waals surface area (Å²) in [5, 5.41) is 42.0. The van der Waals surface area contributed by atoms with E-state index >= 15 is 0 Å². The van der Waals surface area contributed by atoms with E-state index in [9.17, 15) is 10.2 Å². The van der Waals surface area contributed by atoms with Crippen molar-refractivity contribution in [3.05, 3.63) is 95.0 Å². The van der Waals surface area contributed by atoms with Gasteiger partial charge in [-0.25, -0.2) is 9.98 Å². The van der Waals surface area contributed by atoms with Crippen LogP contribution in [0.1, 0.15) is 59.3 Å². The lowest BCUT2D eigenvalue weighted by molar-refractivity contribution is -0.0628. The summed E-state index contributed by atoms with van der Waals surface area (Å²) in [6.45, 7) is 13.2. The largest absolute Gasteiger partial charge is 0.480 e. The number of hydrogen-bond acceptors (Lipinski definition) is 12. The standard InChI is InChI=1S/C40H57N9O4S/c1-26-21-29(24-40(4,23-26)53-20-18-48(5)17-10-19-50)11-9-16-44-28(3)31(25-41)30-14-15-35(46-36(30)38(51)52)49(6)34(42)22-27(2)37(43)47-39-45-32-12-7-8-13-33(32)54-39/h7-8,12-15,22,25,29,42,46,50-52H,1,9-11,16-21,23-24,41H2,2-6H3,(H2,43,45,47)/b27-22-,31-25+,42-34?,44-28?. The predicted octanol–water partition coefficient (Wildman–Crippen LogP) is 6.33. The zero-order chi connectivity index (χ0) is 39.4. The van der Waals surface area contributed by atoms with Crippen molar-refractivity contribution in [2.75, 3.05) is 46.9 Å². The van der Waals surface area contributed by atoms with E-state index in [1.807, 2.05) is 38.2 Å². The molecule has 1 aromatic carbocycles. The number of dihydropyridines is 1. The summed E-state index contributed by atoms with van der Waals surface area (Å²) >= 11 is 1.43. The van der Waals surface area contributed by atoms with Crippen molar-refractivity contribution in [3.8, 4) is 0 Å². The SMILES string of the molecule is C=C1CC(CCCN=C(C)/C(=C\N)C2=CC=C(N(C)C(=N)/C=C(C)\C(N)=N\c3nc4ccccc4s3)NC2=C(O)O)CC(C)(OCCN(C)CCCO)C1. The number of nitrogens with one attached hydrogen (secondary N) is 2. The highest BCUT2D eigenvalue weighted by Gasteiger charge is 2.34. The Labute approximate surface area is 323 Å². The fourth-order valence-corrected chi connectivity index (χ4v) is 7.63. The number of fused-ring (bicyclic) bond motifs is 1. The number of amidine groups is 2. The first-order valence-corrected chi connectivity index (χ1v) is 19.1. The molecular weight excluding hydrogens is 703 g/mol. The van der Waals surface area contributed by atoms with Gasteiger partial charge in [0.1, 0.15) is 23.2 Å². The van der Waals surface area contributed by atoms with Gasteiger partial charge in [0.2, 0.25) is 5.13 Å². The van der Waals surface area contributed by atoms with Gasteiger partial charge in [-0.2, -0.15) is 0 Å². The number of benzene rings is 1. The average molecular weight is 760 g/mol. The number of aliphatic hydroxyl groups excluding tert-OH is 2. The molecule has 1 aliphatic carbocycles. The lowest BCUT2D eigenvalue weighted by Gasteiger charge is -2.39. The van der Waals surface area contributed by atoms with Crippen LogP contribution in [0.5, 0.6) is 0 Å². The lowest BCUT2D eigenvalue weighted by Crippen LogP contribution is -2.38. The van der Waals surface area contributed by atoms with Gasteiger partial charge in [0.05, 0.1) is 22.4 Å². The molecule has 0 bridgehead atoms. The van der Waals surface area contributed by atoms with E-state index in [2.05, 4.69) is 33.7 Å². The summed E-state index contributed by atoms with van der Waals surface area (Å²) in [5.41, 5.74) is 16.5. The van der Waals surface area contributed by atoms with Gasteiger partial charge in [0, 0.05) is 56.3 Å². The molecule has 2 heterocycles. The van der Waals surface area contributed by atoms with E-state index in [-0.39, 0.29) is 29.6 Å². The quantitative estimate of drug-likeness (QED) is 0.0314. The molecule has 2 unspecified atom stereocenters. The number of rotatable bonds is 17. The van der Waals surface area contributed by atoms with Crippen molar-refractivity contribution in [1.82, 2.24) is 20.1 Å². The fourth-order valence-electron chi connectivity index (χ4n) is 6.78. The van der Waals surface area contributed by atoms with Crippen LogP contribution in [0, 0.1) is 11.3 Å². The van der Waals surface area contributed by atoms with Crippen molar-refractivity contribution >= 4 is 44.1 Å². The summed E-state index contributed by atoms with van der Waals surface area (Å²) in [6, 6.07) is 7.75. The summed E-state index contributed by atoms with van der Waals surface area (Å²) in [6.07, 6.45) is 11.9. The first-order valence-electron chi connectivity index (χ1n) is 18.3. The van der Waals surface area contributed by atoms with Crippen LogP contribution in [0.25, 0.3) is 10.2 Å². The van der Waals surface area contributed by atoms with Crippen LogP contribution in [-0.2, 0) is 4.74 Å². The summed E-state index contributed by atoms with van der Waals surface area (Å²) in [7, 11) is 3.73. The second kappa shape index (κ2) is 19.5. The second-order valence-corrected chi connectivity index (χ2v) is 15.3. The monoisotopic (exact) mass is 759 g/mol. The zero-order valence-electron chi connectivity index (χ0n) is 32.2. The summed E-state index contributed by atoms with van der Waals surface area (Å²) in [4.78, 5) is 17.5. The number of allylic oxidation sites excluding steroid dienone is 3. The van der Waals surface area contributed by atoms with Crippen LogP contribution in [0.15, 0.2) is 105 Å². The number of nitrogens with zero attached hydrogens (tertiary/aromatic N) is 5.